The molecule has 2 saturated heterocycles. The van der Waals surface area contributed by atoms with Crippen LogP contribution >= 0.6 is 0 Å². The molecule has 1 unspecified atom stereocenters. The van der Waals surface area contributed by atoms with Gasteiger partial charge < -0.3 is 15.0 Å². The lowest BCUT2D eigenvalue weighted by atomic mass is 10.0. The zero-order valence-electron chi connectivity index (χ0n) is 19.4. The van der Waals surface area contributed by atoms with E-state index in [1.807, 2.05) is 30.3 Å². The highest BCUT2D eigenvalue weighted by molar-refractivity contribution is 6.00. The largest absolute Gasteiger partial charge is 0.494 e. The van der Waals surface area contributed by atoms with Gasteiger partial charge in [0.2, 0.25) is 11.8 Å². The van der Waals surface area contributed by atoms with Gasteiger partial charge in [0, 0.05) is 44.3 Å². The van der Waals surface area contributed by atoms with Crippen LogP contribution in [0.25, 0.3) is 0 Å². The van der Waals surface area contributed by atoms with Crippen molar-refractivity contribution in [1.29, 1.82) is 0 Å². The van der Waals surface area contributed by atoms with E-state index in [4.69, 9.17) is 4.74 Å². The van der Waals surface area contributed by atoms with Gasteiger partial charge in [-0.15, -0.1) is 0 Å². The lowest BCUT2D eigenvalue weighted by molar-refractivity contribution is -0.127. The molecule has 0 aromatic heterocycles. The van der Waals surface area contributed by atoms with Crippen molar-refractivity contribution in [3.05, 3.63) is 59.4 Å². The summed E-state index contributed by atoms with van der Waals surface area (Å²) in [6.07, 6.45) is 2.78. The predicted octanol–water partition coefficient (Wildman–Crippen LogP) is 3.53. The molecule has 0 aliphatic carbocycles. The number of halogens is 1. The highest BCUT2D eigenvalue weighted by Gasteiger charge is 2.36. The van der Waals surface area contributed by atoms with E-state index in [1.54, 1.807) is 11.0 Å². The topological polar surface area (TPSA) is 61.9 Å². The Morgan fingerprint density at radius 1 is 1.18 bits per heavy atom. The average Bonchev–Trinajstić information content (AvgIpc) is 3.22. The summed E-state index contributed by atoms with van der Waals surface area (Å²) in [4.78, 5) is 29.6. The van der Waals surface area contributed by atoms with E-state index in [-0.39, 0.29) is 41.8 Å². The number of nitrogens with zero attached hydrogens (tertiary/aromatic N) is 2. The summed E-state index contributed by atoms with van der Waals surface area (Å²) in [7, 11) is 1.46. The van der Waals surface area contributed by atoms with E-state index < -0.39 is 0 Å². The molecule has 2 aliphatic heterocycles. The van der Waals surface area contributed by atoms with Crippen molar-refractivity contribution in [2.24, 2.45) is 5.92 Å². The number of aryl methyl sites for hydroxylation is 1. The number of ether oxygens (including phenoxy) is 1. The van der Waals surface area contributed by atoms with Crippen molar-refractivity contribution in [3.8, 4) is 5.75 Å². The molecule has 2 fully saturated rings. The van der Waals surface area contributed by atoms with Gasteiger partial charge >= 0.3 is 0 Å². The van der Waals surface area contributed by atoms with Crippen LogP contribution in [0.1, 0.15) is 37.3 Å². The molecule has 0 spiro atoms. The maximum atomic E-state index is 13.9. The fourth-order valence-corrected chi connectivity index (χ4v) is 4.81. The summed E-state index contributed by atoms with van der Waals surface area (Å²) >= 11 is 0. The van der Waals surface area contributed by atoms with Gasteiger partial charge in [0.15, 0.2) is 11.6 Å². The number of carbonyl (C=O) groups is 2. The van der Waals surface area contributed by atoms with Gasteiger partial charge in [-0.1, -0.05) is 31.2 Å². The zero-order valence-corrected chi connectivity index (χ0v) is 19.4. The summed E-state index contributed by atoms with van der Waals surface area (Å²) < 4.78 is 18.9. The molecule has 2 aliphatic rings. The third-order valence-corrected chi connectivity index (χ3v) is 6.72. The number of likely N-dealkylation sites (tertiary alicyclic amines) is 1. The number of benzene rings is 2. The van der Waals surface area contributed by atoms with Crippen molar-refractivity contribution < 1.29 is 18.7 Å². The Morgan fingerprint density at radius 3 is 2.64 bits per heavy atom. The summed E-state index contributed by atoms with van der Waals surface area (Å²) in [5, 5.41) is 3.17. The summed E-state index contributed by atoms with van der Waals surface area (Å²) in [6, 6.07) is 13.1. The molecular formula is C26H32FN3O3. The number of anilines is 1. The second kappa shape index (κ2) is 10.3. The number of para-hydroxylation sites is 1. The van der Waals surface area contributed by atoms with Crippen LogP contribution in [0.5, 0.6) is 5.75 Å². The van der Waals surface area contributed by atoms with Gasteiger partial charge in [-0.25, -0.2) is 4.39 Å². The molecule has 176 valence electrons. The fraction of sp³-hybridized carbons (Fsp3) is 0.462. The number of carbonyl (C=O) groups excluding carboxylic acids is 2. The summed E-state index contributed by atoms with van der Waals surface area (Å²) in [5.41, 5.74) is 2.95. The van der Waals surface area contributed by atoms with Gasteiger partial charge in [-0.05, 0) is 48.6 Å². The molecule has 2 heterocycles. The molecule has 1 N–H and O–H groups in total. The van der Waals surface area contributed by atoms with Crippen molar-refractivity contribution >= 4 is 17.5 Å². The Kier molecular flexibility index (Phi) is 7.28. The van der Waals surface area contributed by atoms with Crippen LogP contribution < -0.4 is 15.0 Å². The maximum Gasteiger partial charge on any atom is 0.227 e. The summed E-state index contributed by atoms with van der Waals surface area (Å²) in [5.74, 6) is -0.433. The smallest absolute Gasteiger partial charge is 0.227 e. The van der Waals surface area contributed by atoms with Crippen LogP contribution in [0.2, 0.25) is 0 Å². The SMILES string of the molecule is CCc1ccccc1N1CC(C(=O)NC2CCN(Cc3ccc(OC)c(F)c3)CC2)CC1=O. The molecule has 2 aromatic carbocycles. The normalized spacial score (nSPS) is 19.7. The third kappa shape index (κ3) is 5.36. The Bertz CT molecular complexity index is 1000. The molecule has 2 aromatic rings. The molecule has 2 amide bonds. The Balaban J connectivity index is 1.27. The van der Waals surface area contributed by atoms with Crippen molar-refractivity contribution in [2.45, 2.75) is 45.2 Å². The number of hydrogen-bond donors (Lipinski definition) is 1. The van der Waals surface area contributed by atoms with E-state index in [2.05, 4.69) is 17.1 Å². The number of nitrogens with one attached hydrogen (secondary N) is 1. The number of rotatable bonds is 7. The molecule has 6 nitrogen and oxygen atoms in total. The van der Waals surface area contributed by atoms with Crippen LogP contribution in [-0.2, 0) is 22.6 Å². The molecule has 4 rings (SSSR count). The van der Waals surface area contributed by atoms with Crippen LogP contribution in [-0.4, -0.2) is 49.5 Å². The number of piperidine rings is 1. The number of hydrogen-bond acceptors (Lipinski definition) is 4. The standard InChI is InChI=1S/C26H32FN3O3/c1-3-19-6-4-5-7-23(19)30-17-20(15-25(30)31)26(32)28-21-10-12-29(13-11-21)16-18-8-9-24(33-2)22(27)14-18/h4-9,14,20-21H,3,10-13,15-17H2,1-2H3,(H,28,32). The number of amides is 2. The first-order chi connectivity index (χ1) is 16.0. The molecule has 0 saturated carbocycles. The minimum atomic E-state index is -0.348. The lowest BCUT2D eigenvalue weighted by Crippen LogP contribution is -2.46. The quantitative estimate of drug-likeness (QED) is 0.697. The van der Waals surface area contributed by atoms with E-state index >= 15 is 0 Å². The fourth-order valence-electron chi connectivity index (χ4n) is 4.81. The Hall–Kier alpha value is -2.93. The van der Waals surface area contributed by atoms with Crippen molar-refractivity contribution in [2.75, 3.05) is 31.6 Å². The van der Waals surface area contributed by atoms with Crippen LogP contribution in [0.15, 0.2) is 42.5 Å². The third-order valence-electron chi connectivity index (χ3n) is 6.72. The van der Waals surface area contributed by atoms with Crippen LogP contribution in [0.3, 0.4) is 0 Å². The van der Waals surface area contributed by atoms with Gasteiger partial charge in [0.1, 0.15) is 0 Å². The van der Waals surface area contributed by atoms with E-state index in [1.165, 1.54) is 13.2 Å². The zero-order chi connectivity index (χ0) is 23.4. The summed E-state index contributed by atoms with van der Waals surface area (Å²) in [6.45, 7) is 4.84. The molecular weight excluding hydrogens is 421 g/mol. The maximum absolute atomic E-state index is 13.9. The second-order valence-corrected chi connectivity index (χ2v) is 8.92. The molecule has 0 bridgehead atoms. The first kappa shape index (κ1) is 23.2. The molecule has 1 atom stereocenters. The van der Waals surface area contributed by atoms with Gasteiger partial charge in [0.05, 0.1) is 13.0 Å². The highest BCUT2D eigenvalue weighted by Crippen LogP contribution is 2.29. The first-order valence-corrected chi connectivity index (χ1v) is 11.7. The minimum Gasteiger partial charge on any atom is -0.494 e. The highest BCUT2D eigenvalue weighted by atomic mass is 19.1. The monoisotopic (exact) mass is 453 g/mol. The lowest BCUT2D eigenvalue weighted by Gasteiger charge is -2.33. The Morgan fingerprint density at radius 2 is 1.94 bits per heavy atom. The first-order valence-electron chi connectivity index (χ1n) is 11.7. The van der Waals surface area contributed by atoms with Crippen molar-refractivity contribution in [1.82, 2.24) is 10.2 Å². The molecule has 7 heteroatoms. The average molecular weight is 454 g/mol. The minimum absolute atomic E-state index is 0.0117. The molecule has 0 radical (unpaired) electrons. The molecule has 33 heavy (non-hydrogen) atoms. The van der Waals surface area contributed by atoms with Crippen molar-refractivity contribution in [3.63, 3.8) is 0 Å². The van der Waals surface area contributed by atoms with Crippen LogP contribution in [0.4, 0.5) is 10.1 Å². The second-order valence-electron chi connectivity index (χ2n) is 8.92. The van der Waals surface area contributed by atoms with E-state index in [0.29, 0.717) is 13.1 Å². The van der Waals surface area contributed by atoms with E-state index in [9.17, 15) is 14.0 Å². The van der Waals surface area contributed by atoms with E-state index in [0.717, 1.165) is 49.2 Å². The number of methoxy groups -OCH3 is 1. The Labute approximate surface area is 194 Å². The van der Waals surface area contributed by atoms with Gasteiger partial charge in [-0.2, -0.15) is 0 Å². The van der Waals surface area contributed by atoms with Crippen LogP contribution in [0, 0.1) is 11.7 Å². The predicted molar refractivity (Wildman–Crippen MR) is 126 cm³/mol. The van der Waals surface area contributed by atoms with Gasteiger partial charge in [-0.3, -0.25) is 14.5 Å². The van der Waals surface area contributed by atoms with Gasteiger partial charge in [0.25, 0.3) is 0 Å².